The number of nitrogens with zero attached hydrogens (tertiary/aromatic N) is 2. The van der Waals surface area contributed by atoms with Gasteiger partial charge in [-0.15, -0.1) is 5.10 Å². The normalized spacial score (nSPS) is 18.0. The predicted molar refractivity (Wildman–Crippen MR) is 78.1 cm³/mol. The number of allylic oxidation sites excluding steroid dienone is 1. The van der Waals surface area contributed by atoms with Gasteiger partial charge in [0.25, 0.3) is 0 Å². The van der Waals surface area contributed by atoms with Crippen LogP contribution in [0.15, 0.2) is 12.2 Å². The van der Waals surface area contributed by atoms with Gasteiger partial charge in [-0.25, -0.2) is 4.79 Å². The van der Waals surface area contributed by atoms with Crippen LogP contribution in [-0.2, 0) is 12.8 Å². The maximum absolute atomic E-state index is 11.6. The lowest BCUT2D eigenvalue weighted by molar-refractivity contribution is 0.0696. The zero-order valence-corrected chi connectivity index (χ0v) is 12.0. The van der Waals surface area contributed by atoms with Crippen molar-refractivity contribution in [2.45, 2.75) is 52.0 Å². The van der Waals surface area contributed by atoms with Gasteiger partial charge < -0.3 is 10.4 Å². The van der Waals surface area contributed by atoms with Gasteiger partial charge in [-0.1, -0.05) is 26.0 Å². The monoisotopic (exact) mass is 275 g/mol. The fourth-order valence-electron chi connectivity index (χ4n) is 2.62. The number of carboxylic acid groups (broad SMARTS) is 1. The molecule has 2 N–H and O–H groups in total. The van der Waals surface area contributed by atoms with Crippen LogP contribution in [0.1, 0.15) is 54.7 Å². The summed E-state index contributed by atoms with van der Waals surface area (Å²) in [5.41, 5.74) is 1.86. The van der Waals surface area contributed by atoms with Gasteiger partial charge in [0.2, 0.25) is 0 Å². The minimum Gasteiger partial charge on any atom is -0.478 e. The summed E-state index contributed by atoms with van der Waals surface area (Å²) in [5.74, 6) is -0.521. The van der Waals surface area contributed by atoms with E-state index in [9.17, 15) is 9.90 Å². The maximum Gasteiger partial charge on any atom is 0.339 e. The molecule has 5 nitrogen and oxygen atoms in total. The Morgan fingerprint density at radius 2 is 2.15 bits per heavy atom. The van der Waals surface area contributed by atoms with E-state index in [2.05, 4.69) is 27.7 Å². The van der Waals surface area contributed by atoms with E-state index in [4.69, 9.17) is 0 Å². The number of nitrogens with one attached hydrogen (secondary N) is 1. The van der Waals surface area contributed by atoms with Gasteiger partial charge in [0.1, 0.15) is 5.56 Å². The average molecular weight is 275 g/mol. The Morgan fingerprint density at radius 3 is 2.70 bits per heavy atom. The molecular formula is C15H21N3O2. The molecule has 1 heterocycles. The number of aromatic nitrogens is 2. The quantitative estimate of drug-likeness (QED) is 0.808. The minimum atomic E-state index is -0.930. The first kappa shape index (κ1) is 14.5. The number of carboxylic acids is 1. The first-order valence-electron chi connectivity index (χ1n) is 7.20. The Morgan fingerprint density at radius 1 is 1.35 bits per heavy atom. The SMILES string of the molecule is CCc1nnc(NC2CC=CCC2)c(C(=O)O)c1CC. The molecule has 0 saturated heterocycles. The van der Waals surface area contributed by atoms with Crippen LogP contribution in [0.2, 0.25) is 0 Å². The van der Waals surface area contributed by atoms with Crippen LogP contribution < -0.4 is 5.32 Å². The molecule has 1 aromatic rings. The molecular weight excluding hydrogens is 254 g/mol. The van der Waals surface area contributed by atoms with Gasteiger partial charge in [0.15, 0.2) is 5.82 Å². The molecule has 1 unspecified atom stereocenters. The molecule has 0 spiro atoms. The molecule has 0 aliphatic heterocycles. The van der Waals surface area contributed by atoms with E-state index in [-0.39, 0.29) is 11.6 Å². The molecule has 1 aliphatic rings. The average Bonchev–Trinajstić information content (AvgIpc) is 2.47. The van der Waals surface area contributed by atoms with Gasteiger partial charge in [-0.2, -0.15) is 5.10 Å². The summed E-state index contributed by atoms with van der Waals surface area (Å²) in [6.45, 7) is 3.92. The highest BCUT2D eigenvalue weighted by molar-refractivity contribution is 5.95. The van der Waals surface area contributed by atoms with Crippen molar-refractivity contribution < 1.29 is 9.90 Å². The summed E-state index contributed by atoms with van der Waals surface area (Å²) in [6, 6.07) is 0.240. The molecule has 0 bridgehead atoms. The summed E-state index contributed by atoms with van der Waals surface area (Å²) in [7, 11) is 0. The summed E-state index contributed by atoms with van der Waals surface area (Å²) in [6.07, 6.45) is 8.53. The highest BCUT2D eigenvalue weighted by Crippen LogP contribution is 2.23. The maximum atomic E-state index is 11.6. The minimum absolute atomic E-state index is 0.240. The summed E-state index contributed by atoms with van der Waals surface area (Å²) in [5, 5.41) is 21.0. The molecule has 1 aliphatic carbocycles. The van der Waals surface area contributed by atoms with Crippen LogP contribution in [0.5, 0.6) is 0 Å². The fraction of sp³-hybridized carbons (Fsp3) is 0.533. The second kappa shape index (κ2) is 6.50. The Bertz CT molecular complexity index is 526. The fourth-order valence-corrected chi connectivity index (χ4v) is 2.62. The van der Waals surface area contributed by atoms with Crippen molar-refractivity contribution in [2.24, 2.45) is 0 Å². The van der Waals surface area contributed by atoms with Gasteiger partial charge in [-0.3, -0.25) is 0 Å². The molecule has 0 fully saturated rings. The van der Waals surface area contributed by atoms with Crippen molar-refractivity contribution in [3.63, 3.8) is 0 Å². The van der Waals surface area contributed by atoms with Gasteiger partial charge in [-0.05, 0) is 37.7 Å². The lowest BCUT2D eigenvalue weighted by atomic mass is 10.00. The molecule has 0 amide bonds. The summed E-state index contributed by atoms with van der Waals surface area (Å²) < 4.78 is 0. The zero-order chi connectivity index (χ0) is 14.5. The lowest BCUT2D eigenvalue weighted by Gasteiger charge is -2.21. The first-order chi connectivity index (χ1) is 9.67. The van der Waals surface area contributed by atoms with Gasteiger partial charge >= 0.3 is 5.97 Å². The van der Waals surface area contributed by atoms with E-state index in [1.165, 1.54) is 0 Å². The smallest absolute Gasteiger partial charge is 0.339 e. The van der Waals surface area contributed by atoms with Crippen LogP contribution in [0, 0.1) is 0 Å². The zero-order valence-electron chi connectivity index (χ0n) is 12.0. The van der Waals surface area contributed by atoms with Crippen LogP contribution in [0.25, 0.3) is 0 Å². The topological polar surface area (TPSA) is 75.1 Å². The van der Waals surface area contributed by atoms with E-state index < -0.39 is 5.97 Å². The van der Waals surface area contributed by atoms with Crippen LogP contribution in [0.4, 0.5) is 5.82 Å². The highest BCUT2D eigenvalue weighted by Gasteiger charge is 2.22. The third-order valence-electron chi connectivity index (χ3n) is 3.67. The molecule has 0 saturated carbocycles. The molecule has 5 heteroatoms. The van der Waals surface area contributed by atoms with Crippen molar-refractivity contribution in [1.29, 1.82) is 0 Å². The van der Waals surface area contributed by atoms with Crippen LogP contribution in [-0.4, -0.2) is 27.3 Å². The van der Waals surface area contributed by atoms with Crippen molar-refractivity contribution in [3.8, 4) is 0 Å². The Labute approximate surface area is 119 Å². The van der Waals surface area contributed by atoms with E-state index in [1.807, 2.05) is 13.8 Å². The van der Waals surface area contributed by atoms with Crippen molar-refractivity contribution in [2.75, 3.05) is 5.32 Å². The number of aryl methyl sites for hydroxylation is 1. The highest BCUT2D eigenvalue weighted by atomic mass is 16.4. The summed E-state index contributed by atoms with van der Waals surface area (Å²) >= 11 is 0. The number of carbonyl (C=O) groups is 1. The van der Waals surface area contributed by atoms with Gasteiger partial charge in [0, 0.05) is 6.04 Å². The third-order valence-corrected chi connectivity index (χ3v) is 3.67. The molecule has 0 aromatic carbocycles. The number of hydrogen-bond donors (Lipinski definition) is 2. The predicted octanol–water partition coefficient (Wildman–Crippen LogP) is 2.82. The Kier molecular flexibility index (Phi) is 4.71. The Hall–Kier alpha value is -1.91. The van der Waals surface area contributed by atoms with E-state index in [0.29, 0.717) is 18.7 Å². The largest absolute Gasteiger partial charge is 0.478 e. The standard InChI is InChI=1S/C15H21N3O2/c1-3-11-12(4-2)17-18-14(13(11)15(19)20)16-10-8-6-5-7-9-10/h5-6,10H,3-4,7-9H2,1-2H3,(H,16,18)(H,19,20). The van der Waals surface area contributed by atoms with E-state index >= 15 is 0 Å². The number of aromatic carboxylic acids is 1. The molecule has 20 heavy (non-hydrogen) atoms. The molecule has 1 atom stereocenters. The second-order valence-corrected chi connectivity index (χ2v) is 4.99. The first-order valence-corrected chi connectivity index (χ1v) is 7.20. The van der Waals surface area contributed by atoms with E-state index in [0.717, 1.165) is 30.5 Å². The summed E-state index contributed by atoms with van der Waals surface area (Å²) in [4.78, 5) is 11.6. The molecule has 0 radical (unpaired) electrons. The molecule has 108 valence electrons. The van der Waals surface area contributed by atoms with Crippen molar-refractivity contribution in [1.82, 2.24) is 10.2 Å². The lowest BCUT2D eigenvalue weighted by Crippen LogP contribution is -2.24. The van der Waals surface area contributed by atoms with Crippen molar-refractivity contribution in [3.05, 3.63) is 29.0 Å². The van der Waals surface area contributed by atoms with Crippen LogP contribution >= 0.6 is 0 Å². The number of rotatable bonds is 5. The second-order valence-electron chi connectivity index (χ2n) is 4.99. The van der Waals surface area contributed by atoms with E-state index in [1.54, 1.807) is 0 Å². The van der Waals surface area contributed by atoms with Crippen molar-refractivity contribution >= 4 is 11.8 Å². The van der Waals surface area contributed by atoms with Gasteiger partial charge in [0.05, 0.1) is 5.69 Å². The molecule has 1 aromatic heterocycles. The van der Waals surface area contributed by atoms with Crippen LogP contribution in [0.3, 0.4) is 0 Å². The third kappa shape index (κ3) is 2.98. The Balaban J connectivity index is 2.36. The number of anilines is 1. The molecule has 2 rings (SSSR count). The number of hydrogen-bond acceptors (Lipinski definition) is 4.